The van der Waals surface area contributed by atoms with E-state index in [1.807, 2.05) is 11.4 Å². The number of carbonyl (C=O) groups is 2. The van der Waals surface area contributed by atoms with Gasteiger partial charge in [0.2, 0.25) is 5.95 Å². The molecular formula is C26H30N6O5S. The van der Waals surface area contributed by atoms with Gasteiger partial charge in [-0.15, -0.1) is 11.3 Å². The highest BCUT2D eigenvalue weighted by Crippen LogP contribution is 2.28. The van der Waals surface area contributed by atoms with Gasteiger partial charge in [-0.2, -0.15) is 0 Å². The quantitative estimate of drug-likeness (QED) is 0.199. The highest BCUT2D eigenvalue weighted by Gasteiger charge is 2.18. The molecule has 4 N–H and O–H groups in total. The number of nitrogens with one attached hydrogen (secondary N) is 4. The third-order valence-electron chi connectivity index (χ3n) is 5.22. The van der Waals surface area contributed by atoms with Gasteiger partial charge in [0.05, 0.1) is 29.9 Å². The second-order valence-corrected chi connectivity index (χ2v) is 10.2. The number of hydrogen-bond donors (Lipinski definition) is 4. The predicted molar refractivity (Wildman–Crippen MR) is 147 cm³/mol. The summed E-state index contributed by atoms with van der Waals surface area (Å²) in [6.45, 7) is 6.88. The zero-order chi connectivity index (χ0) is 27.1. The van der Waals surface area contributed by atoms with E-state index in [4.69, 9.17) is 14.2 Å². The molecule has 4 rings (SSSR count). The van der Waals surface area contributed by atoms with E-state index < -0.39 is 0 Å². The fourth-order valence-electron chi connectivity index (χ4n) is 3.26. The van der Waals surface area contributed by atoms with Crippen LogP contribution in [0.15, 0.2) is 47.8 Å². The number of hydrogen-bond acceptors (Lipinski definition) is 8. The lowest BCUT2D eigenvalue weighted by Crippen LogP contribution is -2.20. The molecule has 0 saturated carbocycles. The van der Waals surface area contributed by atoms with Crippen LogP contribution in [0.1, 0.15) is 26.5 Å². The number of amides is 3. The number of fused-ring (bicyclic) bond motifs is 1. The van der Waals surface area contributed by atoms with Crippen molar-refractivity contribution in [3.05, 3.63) is 53.5 Å². The Morgan fingerprint density at radius 2 is 1.74 bits per heavy atom. The van der Waals surface area contributed by atoms with Crippen LogP contribution in [-0.4, -0.2) is 53.8 Å². The number of thiazole rings is 1. The molecule has 0 saturated heterocycles. The van der Waals surface area contributed by atoms with E-state index in [1.54, 1.807) is 43.5 Å². The average molecular weight is 539 g/mol. The first-order valence-electron chi connectivity index (χ1n) is 11.9. The molecular weight excluding hydrogens is 508 g/mol. The van der Waals surface area contributed by atoms with Crippen molar-refractivity contribution in [3.63, 3.8) is 0 Å². The van der Waals surface area contributed by atoms with Gasteiger partial charge in [0.1, 0.15) is 18.1 Å². The second-order valence-electron chi connectivity index (χ2n) is 9.35. The molecule has 0 bridgehead atoms. The van der Waals surface area contributed by atoms with Crippen LogP contribution >= 0.6 is 11.3 Å². The van der Waals surface area contributed by atoms with Crippen molar-refractivity contribution in [2.45, 2.75) is 26.2 Å². The van der Waals surface area contributed by atoms with E-state index in [0.29, 0.717) is 47.0 Å². The Hall–Kier alpha value is -4.00. The molecule has 3 amide bonds. The van der Waals surface area contributed by atoms with Crippen LogP contribution < -0.4 is 20.7 Å². The summed E-state index contributed by atoms with van der Waals surface area (Å²) in [4.78, 5) is 36.2. The van der Waals surface area contributed by atoms with Crippen molar-refractivity contribution in [1.29, 1.82) is 0 Å². The Bertz CT molecular complexity index is 1390. The number of anilines is 3. The van der Waals surface area contributed by atoms with Gasteiger partial charge in [0, 0.05) is 29.7 Å². The van der Waals surface area contributed by atoms with Crippen molar-refractivity contribution in [1.82, 2.24) is 15.0 Å². The van der Waals surface area contributed by atoms with E-state index in [-0.39, 0.29) is 24.0 Å². The molecule has 2 aromatic heterocycles. The number of imidazole rings is 1. The minimum atomic E-state index is -0.373. The molecule has 0 radical (unpaired) electrons. The molecule has 0 fully saturated rings. The number of carbonyl (C=O) groups excluding carboxylic acids is 2. The van der Waals surface area contributed by atoms with Crippen LogP contribution in [0, 0.1) is 0 Å². The summed E-state index contributed by atoms with van der Waals surface area (Å²) >= 11 is 1.39. The second kappa shape index (κ2) is 12.0. The predicted octanol–water partition coefficient (Wildman–Crippen LogP) is 5.35. The summed E-state index contributed by atoms with van der Waals surface area (Å²) in [6.07, 6.45) is 0. The van der Waals surface area contributed by atoms with Crippen molar-refractivity contribution < 1.29 is 23.8 Å². The molecule has 11 nitrogen and oxygen atoms in total. The van der Waals surface area contributed by atoms with Crippen LogP contribution in [-0.2, 0) is 19.7 Å². The van der Waals surface area contributed by atoms with Gasteiger partial charge in [-0.05, 0) is 36.4 Å². The fourth-order valence-corrected chi connectivity index (χ4v) is 4.19. The molecule has 0 unspecified atom stereocenters. The maximum atomic E-state index is 12.4. The number of methoxy groups -OCH3 is 1. The maximum Gasteiger partial charge on any atom is 0.325 e. The number of aromatic nitrogens is 3. The summed E-state index contributed by atoms with van der Waals surface area (Å²) in [5.41, 5.74) is 2.83. The summed E-state index contributed by atoms with van der Waals surface area (Å²) in [6, 6.07) is 12.0. The summed E-state index contributed by atoms with van der Waals surface area (Å²) in [5, 5.41) is 10.7. The Morgan fingerprint density at radius 1 is 0.974 bits per heavy atom. The number of H-pyrrole nitrogens is 1. The molecule has 0 atom stereocenters. The molecule has 12 heteroatoms. The number of benzene rings is 2. The molecule has 0 aliphatic heterocycles. The number of aromatic amines is 1. The third-order valence-corrected chi connectivity index (χ3v) is 5.98. The smallest absolute Gasteiger partial charge is 0.325 e. The highest BCUT2D eigenvalue weighted by atomic mass is 32.1. The van der Waals surface area contributed by atoms with Crippen LogP contribution in [0.2, 0.25) is 0 Å². The van der Waals surface area contributed by atoms with Crippen LogP contribution in [0.4, 0.5) is 21.6 Å². The number of rotatable bonds is 10. The largest absolute Gasteiger partial charge is 0.457 e. The van der Waals surface area contributed by atoms with Gasteiger partial charge in [-0.3, -0.25) is 15.4 Å². The van der Waals surface area contributed by atoms with E-state index in [9.17, 15) is 9.59 Å². The Labute approximate surface area is 223 Å². The van der Waals surface area contributed by atoms with Crippen molar-refractivity contribution >= 4 is 51.1 Å². The lowest BCUT2D eigenvalue weighted by atomic mass is 9.93. The maximum absolute atomic E-state index is 12.4. The Kier molecular flexibility index (Phi) is 8.56. The highest BCUT2D eigenvalue weighted by molar-refractivity contribution is 7.14. The third kappa shape index (κ3) is 7.51. The van der Waals surface area contributed by atoms with Gasteiger partial charge in [0.15, 0.2) is 5.13 Å². The molecule has 2 aromatic carbocycles. The zero-order valence-corrected chi connectivity index (χ0v) is 22.4. The minimum absolute atomic E-state index is 0.0812. The van der Waals surface area contributed by atoms with Crippen molar-refractivity contribution in [2.24, 2.45) is 0 Å². The SMILES string of the molecule is COCCOCC(=O)Nc1nc2cc(Oc3ccc(NC(=O)Nc4nc(C(C)(C)C)cs4)cc3)ccc2[nH]1. The molecule has 4 aromatic rings. The first kappa shape index (κ1) is 27.0. The van der Waals surface area contributed by atoms with E-state index in [2.05, 4.69) is 51.7 Å². The first-order chi connectivity index (χ1) is 18.2. The first-order valence-corrected chi connectivity index (χ1v) is 12.8. The van der Waals surface area contributed by atoms with Crippen LogP contribution in [0.5, 0.6) is 11.5 Å². The lowest BCUT2D eigenvalue weighted by Gasteiger charge is -2.14. The molecule has 0 aliphatic rings. The number of nitrogens with zero attached hydrogens (tertiary/aromatic N) is 2. The average Bonchev–Trinajstić information content (AvgIpc) is 3.49. The van der Waals surface area contributed by atoms with Gasteiger partial charge in [0.25, 0.3) is 5.91 Å². The van der Waals surface area contributed by atoms with Gasteiger partial charge in [-0.25, -0.2) is 14.8 Å². The van der Waals surface area contributed by atoms with Gasteiger partial charge < -0.3 is 24.5 Å². The fraction of sp³-hybridized carbons (Fsp3) is 0.308. The van der Waals surface area contributed by atoms with Gasteiger partial charge >= 0.3 is 6.03 Å². The van der Waals surface area contributed by atoms with Crippen molar-refractivity contribution in [2.75, 3.05) is 42.9 Å². The minimum Gasteiger partial charge on any atom is -0.457 e. The number of ether oxygens (including phenoxy) is 3. The summed E-state index contributed by atoms with van der Waals surface area (Å²) < 4.78 is 16.0. The monoisotopic (exact) mass is 538 g/mol. The van der Waals surface area contributed by atoms with E-state index in [1.165, 1.54) is 11.3 Å². The number of urea groups is 1. The van der Waals surface area contributed by atoms with Gasteiger partial charge in [-0.1, -0.05) is 20.8 Å². The van der Waals surface area contributed by atoms with E-state index >= 15 is 0 Å². The molecule has 0 aliphatic carbocycles. The Balaban J connectivity index is 1.30. The lowest BCUT2D eigenvalue weighted by molar-refractivity contribution is -0.121. The normalized spacial score (nSPS) is 11.4. The van der Waals surface area contributed by atoms with Crippen LogP contribution in [0.25, 0.3) is 11.0 Å². The molecule has 0 spiro atoms. The molecule has 2 heterocycles. The van der Waals surface area contributed by atoms with Crippen LogP contribution in [0.3, 0.4) is 0 Å². The zero-order valence-electron chi connectivity index (χ0n) is 21.6. The van der Waals surface area contributed by atoms with Crippen molar-refractivity contribution in [3.8, 4) is 11.5 Å². The topological polar surface area (TPSA) is 139 Å². The standard InChI is InChI=1S/C26H30N6O5S/c1-26(2,3)21-15-38-25(30-21)32-24(34)27-16-5-7-17(8-6-16)37-18-9-10-19-20(13-18)29-23(28-19)31-22(33)14-36-12-11-35-4/h5-10,13,15H,11-12,14H2,1-4H3,(H2,27,30,32,34)(H2,28,29,31,33). The van der Waals surface area contributed by atoms with E-state index in [0.717, 1.165) is 11.2 Å². The Morgan fingerprint density at radius 3 is 2.45 bits per heavy atom. The molecule has 200 valence electrons. The summed E-state index contributed by atoms with van der Waals surface area (Å²) in [5.74, 6) is 1.16. The summed E-state index contributed by atoms with van der Waals surface area (Å²) in [7, 11) is 1.57. The molecule has 38 heavy (non-hydrogen) atoms.